The lowest BCUT2D eigenvalue weighted by Gasteiger charge is -2.15. The monoisotopic (exact) mass is 236 g/mol. The first-order valence-corrected chi connectivity index (χ1v) is 4.78. The fraction of sp³-hybridized carbons (Fsp3) is 0.182. The molecule has 0 N–H and O–H groups in total. The van der Waals surface area contributed by atoms with E-state index in [4.69, 9.17) is 4.74 Å². The topological polar surface area (TPSA) is 92.5 Å². The van der Waals surface area contributed by atoms with Gasteiger partial charge in [-0.2, -0.15) is 0 Å². The second-order valence-electron chi connectivity index (χ2n) is 3.25. The Morgan fingerprint density at radius 3 is 2.47 bits per heavy atom. The van der Waals surface area contributed by atoms with Gasteiger partial charge in [0.1, 0.15) is 11.9 Å². The quantitative estimate of drug-likeness (QED) is 0.546. The molecule has 0 bridgehead atoms. The zero-order valence-electron chi connectivity index (χ0n) is 9.03. The second kappa shape index (κ2) is 5.64. The maximum atomic E-state index is 10.4. The Bertz CT molecular complexity index is 438. The van der Waals surface area contributed by atoms with Crippen LogP contribution < -0.4 is 9.84 Å². The molecule has 0 unspecified atom stereocenters. The van der Waals surface area contributed by atoms with Crippen LogP contribution in [0.2, 0.25) is 0 Å². The third-order valence-corrected chi connectivity index (χ3v) is 1.91. The molecule has 0 fully saturated rings. The molecular weight excluding hydrogens is 226 g/mol. The van der Waals surface area contributed by atoms with Gasteiger partial charge >= 0.3 is 0 Å². The first-order chi connectivity index (χ1) is 7.99. The number of carbonyl (C=O) groups is 1. The van der Waals surface area contributed by atoms with E-state index in [2.05, 4.69) is 0 Å². The lowest BCUT2D eigenvalue weighted by molar-refractivity contribution is -0.400. The van der Waals surface area contributed by atoms with E-state index in [9.17, 15) is 20.0 Å². The number of hydrogen-bond donors (Lipinski definition) is 0. The van der Waals surface area contributed by atoms with Crippen LogP contribution in [0.5, 0.6) is 5.75 Å². The van der Waals surface area contributed by atoms with Gasteiger partial charge in [-0.15, -0.1) is 0 Å². The van der Waals surface area contributed by atoms with Gasteiger partial charge in [-0.05, 0) is 24.6 Å². The molecule has 6 heteroatoms. The maximum absolute atomic E-state index is 10.4. The molecule has 0 saturated heterocycles. The fourth-order valence-corrected chi connectivity index (χ4v) is 1.06. The maximum Gasteiger partial charge on any atom is 0.235 e. The van der Waals surface area contributed by atoms with Crippen molar-refractivity contribution < 1.29 is 19.6 Å². The van der Waals surface area contributed by atoms with E-state index in [1.54, 1.807) is 12.1 Å². The van der Waals surface area contributed by atoms with Gasteiger partial charge in [-0.3, -0.25) is 10.1 Å². The van der Waals surface area contributed by atoms with E-state index in [0.29, 0.717) is 11.3 Å². The lowest BCUT2D eigenvalue weighted by Crippen LogP contribution is -2.37. The number of carboxylic acids is 1. The zero-order chi connectivity index (χ0) is 12.8. The molecule has 1 aromatic carbocycles. The smallest absolute Gasteiger partial charge is 0.235 e. The average molecular weight is 236 g/mol. The van der Waals surface area contributed by atoms with E-state index in [0.717, 1.165) is 6.20 Å². The summed E-state index contributed by atoms with van der Waals surface area (Å²) in [4.78, 5) is 19.9. The molecule has 0 spiro atoms. The molecule has 90 valence electrons. The number of rotatable bonds is 5. The Morgan fingerprint density at radius 1 is 1.41 bits per heavy atom. The van der Waals surface area contributed by atoms with Crippen molar-refractivity contribution in [3.05, 3.63) is 46.1 Å². The zero-order valence-corrected chi connectivity index (χ0v) is 9.03. The van der Waals surface area contributed by atoms with Crippen LogP contribution in [0.4, 0.5) is 0 Å². The summed E-state index contributed by atoms with van der Waals surface area (Å²) in [7, 11) is 0. The van der Waals surface area contributed by atoms with Crippen molar-refractivity contribution in [3.8, 4) is 5.75 Å². The molecule has 1 atom stereocenters. The molecule has 0 aliphatic rings. The van der Waals surface area contributed by atoms with Crippen molar-refractivity contribution >= 4 is 12.0 Å². The molecule has 0 aliphatic carbocycles. The molecule has 0 saturated carbocycles. The summed E-state index contributed by atoms with van der Waals surface area (Å²) < 4.78 is 5.04. The molecule has 0 heterocycles. The minimum Gasteiger partial charge on any atom is -0.546 e. The van der Waals surface area contributed by atoms with Crippen LogP contribution in [0.25, 0.3) is 6.08 Å². The summed E-state index contributed by atoms with van der Waals surface area (Å²) >= 11 is 0. The van der Waals surface area contributed by atoms with Crippen molar-refractivity contribution in [1.29, 1.82) is 0 Å². The van der Waals surface area contributed by atoms with Gasteiger partial charge in [0.05, 0.1) is 10.9 Å². The Hall–Kier alpha value is -2.37. The second-order valence-corrected chi connectivity index (χ2v) is 3.25. The van der Waals surface area contributed by atoms with Crippen molar-refractivity contribution in [3.63, 3.8) is 0 Å². The van der Waals surface area contributed by atoms with Crippen LogP contribution in [0, 0.1) is 10.1 Å². The summed E-state index contributed by atoms with van der Waals surface area (Å²) in [5.74, 6) is -0.942. The number of aliphatic carboxylic acids is 1. The summed E-state index contributed by atoms with van der Waals surface area (Å²) in [5.41, 5.74) is 0.621. The highest BCUT2D eigenvalue weighted by molar-refractivity contribution is 5.69. The van der Waals surface area contributed by atoms with E-state index >= 15 is 0 Å². The minimum atomic E-state index is -1.30. The van der Waals surface area contributed by atoms with E-state index < -0.39 is 17.0 Å². The highest BCUT2D eigenvalue weighted by atomic mass is 16.6. The normalized spacial score (nSPS) is 12.3. The molecule has 0 radical (unpaired) electrons. The van der Waals surface area contributed by atoms with Crippen molar-refractivity contribution in [2.24, 2.45) is 0 Å². The van der Waals surface area contributed by atoms with Gasteiger partial charge in [0.25, 0.3) is 0 Å². The van der Waals surface area contributed by atoms with Crippen molar-refractivity contribution in [1.82, 2.24) is 0 Å². The molecular formula is C11H10NO5-. The first kappa shape index (κ1) is 12.7. The third-order valence-electron chi connectivity index (χ3n) is 1.91. The molecule has 0 amide bonds. The standard InChI is InChI=1S/C11H11NO5/c1-8(11(13)14)17-10-4-2-9(3-5-10)6-7-12(15)16/h2-8H,1H3,(H,13,14)/p-1/b7-6+/t8-/m1/s1. The van der Waals surface area contributed by atoms with E-state index in [1.165, 1.54) is 25.1 Å². The largest absolute Gasteiger partial charge is 0.546 e. The van der Waals surface area contributed by atoms with Crippen LogP contribution in [0.1, 0.15) is 12.5 Å². The number of carboxylic acid groups (broad SMARTS) is 1. The summed E-state index contributed by atoms with van der Waals surface area (Å²) in [6.07, 6.45) is 1.10. The van der Waals surface area contributed by atoms with E-state index in [1.807, 2.05) is 0 Å². The molecule has 1 rings (SSSR count). The SMILES string of the molecule is C[C@@H](Oc1ccc(/C=C/[N+](=O)[O-])cc1)C(=O)[O-]. The molecule has 0 aliphatic heterocycles. The molecule has 17 heavy (non-hydrogen) atoms. The van der Waals surface area contributed by atoms with Crippen LogP contribution >= 0.6 is 0 Å². The highest BCUT2D eigenvalue weighted by Gasteiger charge is 2.03. The number of nitrogens with zero attached hydrogens (tertiary/aromatic N) is 1. The Morgan fingerprint density at radius 2 is 2.00 bits per heavy atom. The van der Waals surface area contributed by atoms with Gasteiger partial charge < -0.3 is 14.6 Å². The predicted octanol–water partition coefficient (Wildman–Crippen LogP) is 0.451. The first-order valence-electron chi connectivity index (χ1n) is 4.78. The van der Waals surface area contributed by atoms with Gasteiger partial charge in [-0.25, -0.2) is 0 Å². The number of carbonyl (C=O) groups excluding carboxylic acids is 1. The molecule has 0 aromatic heterocycles. The van der Waals surface area contributed by atoms with Gasteiger partial charge in [0.2, 0.25) is 6.20 Å². The number of nitro groups is 1. The Balaban J connectivity index is 2.68. The van der Waals surface area contributed by atoms with Crippen LogP contribution in [-0.2, 0) is 4.79 Å². The van der Waals surface area contributed by atoms with Gasteiger partial charge in [-0.1, -0.05) is 12.1 Å². The number of hydrogen-bond acceptors (Lipinski definition) is 5. The average Bonchev–Trinajstić information content (AvgIpc) is 2.28. The minimum absolute atomic E-state index is 0.361. The van der Waals surface area contributed by atoms with Crippen molar-refractivity contribution in [2.75, 3.05) is 0 Å². The molecule has 6 nitrogen and oxygen atoms in total. The van der Waals surface area contributed by atoms with Gasteiger partial charge in [0.15, 0.2) is 0 Å². The fourth-order valence-electron chi connectivity index (χ4n) is 1.06. The van der Waals surface area contributed by atoms with Crippen LogP contribution in [0.15, 0.2) is 30.5 Å². The predicted molar refractivity (Wildman–Crippen MR) is 57.6 cm³/mol. The van der Waals surface area contributed by atoms with Gasteiger partial charge in [0, 0.05) is 6.08 Å². The summed E-state index contributed by atoms with van der Waals surface area (Å²) in [6.45, 7) is 1.36. The van der Waals surface area contributed by atoms with Crippen LogP contribution in [0.3, 0.4) is 0 Å². The number of ether oxygens (including phenoxy) is 1. The Labute approximate surface area is 97.3 Å². The lowest BCUT2D eigenvalue weighted by atomic mass is 10.2. The molecule has 1 aromatic rings. The summed E-state index contributed by atoms with van der Waals surface area (Å²) in [5, 5.41) is 20.5. The van der Waals surface area contributed by atoms with E-state index in [-0.39, 0.29) is 0 Å². The summed E-state index contributed by atoms with van der Waals surface area (Å²) in [6, 6.07) is 6.22. The van der Waals surface area contributed by atoms with Crippen molar-refractivity contribution in [2.45, 2.75) is 13.0 Å². The Kier molecular flexibility index (Phi) is 4.21. The third kappa shape index (κ3) is 4.33. The van der Waals surface area contributed by atoms with Crippen LogP contribution in [-0.4, -0.2) is 17.0 Å². The number of benzene rings is 1. The highest BCUT2D eigenvalue weighted by Crippen LogP contribution is 2.14.